The van der Waals surface area contributed by atoms with Crippen molar-refractivity contribution in [2.45, 2.75) is 19.8 Å². The van der Waals surface area contributed by atoms with Gasteiger partial charge in [0.05, 0.1) is 11.0 Å². The zero-order valence-electron chi connectivity index (χ0n) is 9.93. The Balaban J connectivity index is 2.77. The number of benzene rings is 1. The lowest BCUT2D eigenvalue weighted by Crippen LogP contribution is -2.27. The second-order valence-corrected chi connectivity index (χ2v) is 4.07. The molecular formula is C12H15N3O2. The number of hydrogen-bond acceptors (Lipinski definition) is 3. The van der Waals surface area contributed by atoms with Gasteiger partial charge in [-0.2, -0.15) is 0 Å². The Labute approximate surface area is 98.4 Å². The molecule has 0 atom stereocenters. The molecule has 0 amide bonds. The molecule has 5 heteroatoms. The van der Waals surface area contributed by atoms with Crippen LogP contribution >= 0.6 is 0 Å². The molecule has 0 aliphatic carbocycles. The van der Waals surface area contributed by atoms with Crippen LogP contribution in [0.25, 0.3) is 11.0 Å². The van der Waals surface area contributed by atoms with Gasteiger partial charge in [0.15, 0.2) is 0 Å². The SMILES string of the molecule is CCCC(=O)n1c(=O)n(C)c2ccc(N)cc21. The number of aromatic nitrogens is 2. The van der Waals surface area contributed by atoms with Crippen LogP contribution in [-0.4, -0.2) is 15.0 Å². The third-order valence-electron chi connectivity index (χ3n) is 2.79. The number of nitrogen functional groups attached to an aromatic ring is 1. The van der Waals surface area contributed by atoms with Crippen molar-refractivity contribution in [3.63, 3.8) is 0 Å². The summed E-state index contributed by atoms with van der Waals surface area (Å²) in [4.78, 5) is 23.9. The molecule has 0 saturated heterocycles. The van der Waals surface area contributed by atoms with E-state index in [0.29, 0.717) is 29.6 Å². The van der Waals surface area contributed by atoms with Gasteiger partial charge in [-0.05, 0) is 24.6 Å². The number of anilines is 1. The van der Waals surface area contributed by atoms with Crippen LogP contribution in [0.5, 0.6) is 0 Å². The van der Waals surface area contributed by atoms with Gasteiger partial charge in [0.2, 0.25) is 5.91 Å². The van der Waals surface area contributed by atoms with Crippen LogP contribution < -0.4 is 11.4 Å². The summed E-state index contributed by atoms with van der Waals surface area (Å²) in [5.74, 6) is -0.186. The Kier molecular flexibility index (Phi) is 2.75. The van der Waals surface area contributed by atoms with E-state index >= 15 is 0 Å². The van der Waals surface area contributed by atoms with Gasteiger partial charge in [-0.1, -0.05) is 6.92 Å². The summed E-state index contributed by atoms with van der Waals surface area (Å²) in [5.41, 5.74) is 7.21. The number of rotatable bonds is 2. The Morgan fingerprint density at radius 3 is 2.71 bits per heavy atom. The predicted molar refractivity (Wildman–Crippen MR) is 67.1 cm³/mol. The average Bonchev–Trinajstić information content (AvgIpc) is 2.51. The van der Waals surface area contributed by atoms with Gasteiger partial charge in [-0.15, -0.1) is 0 Å². The quantitative estimate of drug-likeness (QED) is 0.796. The monoisotopic (exact) mass is 233 g/mol. The second kappa shape index (κ2) is 4.08. The number of imidazole rings is 1. The van der Waals surface area contributed by atoms with Crippen LogP contribution in [0.1, 0.15) is 24.6 Å². The fourth-order valence-electron chi connectivity index (χ4n) is 1.93. The Bertz CT molecular complexity index is 637. The number of carbonyl (C=O) groups excluding carboxylic acids is 1. The fourth-order valence-corrected chi connectivity index (χ4v) is 1.93. The van der Waals surface area contributed by atoms with Crippen LogP contribution in [-0.2, 0) is 7.05 Å². The molecule has 5 nitrogen and oxygen atoms in total. The standard InChI is InChI=1S/C12H15N3O2/c1-3-4-11(16)15-10-7-8(13)5-6-9(10)14(2)12(15)17/h5-7H,3-4,13H2,1-2H3. The summed E-state index contributed by atoms with van der Waals surface area (Å²) in [6, 6.07) is 5.13. The zero-order chi connectivity index (χ0) is 12.6. The van der Waals surface area contributed by atoms with Crippen molar-refractivity contribution in [3.05, 3.63) is 28.7 Å². The molecule has 0 unspecified atom stereocenters. The van der Waals surface area contributed by atoms with Crippen molar-refractivity contribution >= 4 is 22.6 Å². The highest BCUT2D eigenvalue weighted by Crippen LogP contribution is 2.16. The van der Waals surface area contributed by atoms with E-state index in [2.05, 4.69) is 0 Å². The van der Waals surface area contributed by atoms with E-state index < -0.39 is 0 Å². The highest BCUT2D eigenvalue weighted by atomic mass is 16.2. The second-order valence-electron chi connectivity index (χ2n) is 4.07. The zero-order valence-corrected chi connectivity index (χ0v) is 9.93. The third-order valence-corrected chi connectivity index (χ3v) is 2.79. The average molecular weight is 233 g/mol. The van der Waals surface area contributed by atoms with Gasteiger partial charge in [0.1, 0.15) is 0 Å². The molecule has 1 heterocycles. The van der Waals surface area contributed by atoms with Gasteiger partial charge in [-0.25, -0.2) is 9.36 Å². The molecule has 90 valence electrons. The molecule has 1 aromatic heterocycles. The lowest BCUT2D eigenvalue weighted by atomic mass is 10.2. The largest absolute Gasteiger partial charge is 0.399 e. The van der Waals surface area contributed by atoms with E-state index in [0.717, 1.165) is 0 Å². The van der Waals surface area contributed by atoms with Gasteiger partial charge in [0.25, 0.3) is 0 Å². The number of fused-ring (bicyclic) bond motifs is 1. The van der Waals surface area contributed by atoms with E-state index in [-0.39, 0.29) is 11.6 Å². The minimum Gasteiger partial charge on any atom is -0.399 e. The highest BCUT2D eigenvalue weighted by Gasteiger charge is 2.15. The van der Waals surface area contributed by atoms with Gasteiger partial charge >= 0.3 is 5.69 Å². The minimum atomic E-state index is -0.316. The summed E-state index contributed by atoms with van der Waals surface area (Å²) < 4.78 is 2.66. The van der Waals surface area contributed by atoms with Gasteiger partial charge in [-0.3, -0.25) is 9.36 Å². The van der Waals surface area contributed by atoms with E-state index in [9.17, 15) is 9.59 Å². The number of nitrogens with two attached hydrogens (primary N) is 1. The fraction of sp³-hybridized carbons (Fsp3) is 0.333. The Morgan fingerprint density at radius 2 is 2.06 bits per heavy atom. The van der Waals surface area contributed by atoms with E-state index in [1.165, 1.54) is 9.13 Å². The molecule has 2 aromatic rings. The molecular weight excluding hydrogens is 218 g/mol. The van der Waals surface area contributed by atoms with Crippen LogP contribution in [0.3, 0.4) is 0 Å². The molecule has 0 bridgehead atoms. The summed E-state index contributed by atoms with van der Waals surface area (Å²) in [5, 5.41) is 0. The van der Waals surface area contributed by atoms with Crippen molar-refractivity contribution in [2.24, 2.45) is 7.05 Å². The van der Waals surface area contributed by atoms with Crippen molar-refractivity contribution < 1.29 is 4.79 Å². The van der Waals surface area contributed by atoms with E-state index in [4.69, 9.17) is 5.73 Å². The number of hydrogen-bond donors (Lipinski definition) is 1. The van der Waals surface area contributed by atoms with Gasteiger partial charge in [0, 0.05) is 19.2 Å². The molecule has 17 heavy (non-hydrogen) atoms. The maximum Gasteiger partial charge on any atom is 0.335 e. The normalized spacial score (nSPS) is 10.9. The van der Waals surface area contributed by atoms with Gasteiger partial charge < -0.3 is 5.73 Å². The predicted octanol–water partition coefficient (Wildman–Crippen LogP) is 1.36. The first-order chi connectivity index (χ1) is 8.06. The van der Waals surface area contributed by atoms with Crippen LogP contribution in [0.4, 0.5) is 5.69 Å². The van der Waals surface area contributed by atoms with E-state index in [1.807, 2.05) is 6.92 Å². The first kappa shape index (κ1) is 11.4. The summed E-state index contributed by atoms with van der Waals surface area (Å²) >= 11 is 0. The van der Waals surface area contributed by atoms with Crippen LogP contribution in [0, 0.1) is 0 Å². The third kappa shape index (κ3) is 1.73. The van der Waals surface area contributed by atoms with Crippen molar-refractivity contribution in [1.29, 1.82) is 0 Å². The van der Waals surface area contributed by atoms with E-state index in [1.54, 1.807) is 25.2 Å². The molecule has 0 saturated carbocycles. The smallest absolute Gasteiger partial charge is 0.335 e. The lowest BCUT2D eigenvalue weighted by molar-refractivity contribution is 0.0902. The number of nitrogens with zero attached hydrogens (tertiary/aromatic N) is 2. The van der Waals surface area contributed by atoms with Crippen molar-refractivity contribution in [2.75, 3.05) is 5.73 Å². The Hall–Kier alpha value is -2.04. The maximum absolute atomic E-state index is 12.0. The number of carbonyl (C=O) groups is 1. The molecule has 0 fully saturated rings. The lowest BCUT2D eigenvalue weighted by Gasteiger charge is -2.00. The Morgan fingerprint density at radius 1 is 1.35 bits per heavy atom. The number of aryl methyl sites for hydroxylation is 1. The molecule has 0 radical (unpaired) electrons. The molecule has 0 aliphatic heterocycles. The first-order valence-electron chi connectivity index (χ1n) is 5.56. The van der Waals surface area contributed by atoms with Crippen LogP contribution in [0.2, 0.25) is 0 Å². The summed E-state index contributed by atoms with van der Waals surface area (Å²) in [7, 11) is 1.65. The molecule has 2 N–H and O–H groups in total. The topological polar surface area (TPSA) is 70.0 Å². The summed E-state index contributed by atoms with van der Waals surface area (Å²) in [6.07, 6.45) is 1.07. The molecule has 1 aromatic carbocycles. The van der Waals surface area contributed by atoms with Crippen molar-refractivity contribution in [3.8, 4) is 0 Å². The van der Waals surface area contributed by atoms with Crippen molar-refractivity contribution in [1.82, 2.24) is 9.13 Å². The maximum atomic E-state index is 12.0. The minimum absolute atomic E-state index is 0.186. The summed E-state index contributed by atoms with van der Waals surface area (Å²) in [6.45, 7) is 1.91. The molecule has 0 aliphatic rings. The first-order valence-corrected chi connectivity index (χ1v) is 5.56. The highest BCUT2D eigenvalue weighted by molar-refractivity contribution is 5.91. The molecule has 0 spiro atoms. The van der Waals surface area contributed by atoms with Crippen LogP contribution in [0.15, 0.2) is 23.0 Å². The molecule has 2 rings (SSSR count).